The smallest absolute Gasteiger partial charge is 0.328 e. The number of hydrogen-bond acceptors (Lipinski definition) is 4. The van der Waals surface area contributed by atoms with E-state index in [1.54, 1.807) is 0 Å². The van der Waals surface area contributed by atoms with Crippen molar-refractivity contribution in [3.63, 3.8) is 0 Å². The molecule has 0 aliphatic heterocycles. The maximum atomic E-state index is 9.67. The molecule has 1 unspecified atom stereocenters. The largest absolute Gasteiger partial charge is 0.329 e. The lowest BCUT2D eigenvalue weighted by atomic mass is 9.84. The average molecular weight is 319 g/mol. The first-order valence-electron chi connectivity index (χ1n) is 8.01. The Morgan fingerprint density at radius 1 is 1.10 bits per heavy atom. The van der Waals surface area contributed by atoms with Crippen molar-refractivity contribution in [2.24, 2.45) is 5.41 Å². The molecule has 0 aromatic rings. The maximum absolute atomic E-state index is 9.67. The second-order valence-electron chi connectivity index (χ2n) is 6.05. The molecule has 0 saturated carbocycles. The van der Waals surface area contributed by atoms with Crippen LogP contribution in [0.25, 0.3) is 0 Å². The lowest BCUT2D eigenvalue weighted by Crippen LogP contribution is -2.26. The standard InChI is InChI=1S/C16H34NO3P/c1-7-15(16(4,5)6)11-10-13-19-21(18)20-14-12-17(8-2)9-3/h11,18H,7-10,12-14H2,1-6H3/b15-11+. The van der Waals surface area contributed by atoms with Crippen molar-refractivity contribution in [3.05, 3.63) is 11.6 Å². The summed E-state index contributed by atoms with van der Waals surface area (Å²) in [6, 6.07) is 0. The molecule has 0 amide bonds. The second-order valence-corrected chi connectivity index (χ2v) is 7.04. The van der Waals surface area contributed by atoms with E-state index in [0.717, 1.165) is 32.5 Å². The summed E-state index contributed by atoms with van der Waals surface area (Å²) in [5.41, 5.74) is 1.63. The molecule has 4 nitrogen and oxygen atoms in total. The summed E-state index contributed by atoms with van der Waals surface area (Å²) in [6.07, 6.45) is 4.09. The van der Waals surface area contributed by atoms with Gasteiger partial charge in [-0.05, 0) is 31.3 Å². The van der Waals surface area contributed by atoms with E-state index in [1.165, 1.54) is 5.57 Å². The molecule has 0 aromatic heterocycles. The van der Waals surface area contributed by atoms with Gasteiger partial charge >= 0.3 is 8.60 Å². The van der Waals surface area contributed by atoms with E-state index >= 15 is 0 Å². The van der Waals surface area contributed by atoms with Gasteiger partial charge in [0.2, 0.25) is 0 Å². The van der Waals surface area contributed by atoms with E-state index in [1.807, 2.05) is 0 Å². The van der Waals surface area contributed by atoms with Gasteiger partial charge in [0.25, 0.3) is 0 Å². The second kappa shape index (κ2) is 11.6. The summed E-state index contributed by atoms with van der Waals surface area (Å²) in [6.45, 7) is 16.9. The van der Waals surface area contributed by atoms with Crippen molar-refractivity contribution in [2.45, 2.75) is 54.4 Å². The van der Waals surface area contributed by atoms with Gasteiger partial charge in [-0.15, -0.1) is 0 Å². The van der Waals surface area contributed by atoms with Crippen molar-refractivity contribution in [3.8, 4) is 0 Å². The molecular formula is C16H34NO3P. The van der Waals surface area contributed by atoms with Gasteiger partial charge in [0, 0.05) is 6.54 Å². The predicted octanol–water partition coefficient (Wildman–Crippen LogP) is 4.35. The molecule has 0 heterocycles. The van der Waals surface area contributed by atoms with Crippen molar-refractivity contribution in [2.75, 3.05) is 32.8 Å². The van der Waals surface area contributed by atoms with Gasteiger partial charge in [-0.2, -0.15) is 0 Å². The molecular weight excluding hydrogens is 285 g/mol. The van der Waals surface area contributed by atoms with Gasteiger partial charge in [0.15, 0.2) is 0 Å². The van der Waals surface area contributed by atoms with Crippen molar-refractivity contribution in [1.82, 2.24) is 4.90 Å². The van der Waals surface area contributed by atoms with Crippen LogP contribution >= 0.6 is 8.60 Å². The van der Waals surface area contributed by atoms with Crippen molar-refractivity contribution < 1.29 is 13.9 Å². The fourth-order valence-corrected chi connectivity index (χ4v) is 2.74. The molecule has 0 bridgehead atoms. The fraction of sp³-hybridized carbons (Fsp3) is 0.875. The first kappa shape index (κ1) is 21.0. The molecule has 21 heavy (non-hydrogen) atoms. The van der Waals surface area contributed by atoms with Crippen LogP contribution in [0.5, 0.6) is 0 Å². The Bertz CT molecular complexity index is 286. The molecule has 0 aliphatic carbocycles. The molecule has 0 saturated heterocycles. The summed E-state index contributed by atoms with van der Waals surface area (Å²) in [4.78, 5) is 11.9. The van der Waals surface area contributed by atoms with Crippen LogP contribution in [0.15, 0.2) is 11.6 Å². The third-order valence-corrected chi connectivity index (χ3v) is 4.37. The highest BCUT2D eigenvalue weighted by atomic mass is 31.2. The molecule has 5 heteroatoms. The van der Waals surface area contributed by atoms with Crippen LogP contribution in [0.1, 0.15) is 54.4 Å². The van der Waals surface area contributed by atoms with Gasteiger partial charge in [-0.3, -0.25) is 0 Å². The van der Waals surface area contributed by atoms with E-state index < -0.39 is 8.60 Å². The van der Waals surface area contributed by atoms with Gasteiger partial charge in [-0.1, -0.05) is 53.2 Å². The number of allylic oxidation sites excluding steroid dienone is 1. The zero-order chi connectivity index (χ0) is 16.3. The SMILES string of the molecule is CC/C(=C\CCOP(O)OCCN(CC)CC)C(C)(C)C. The zero-order valence-electron chi connectivity index (χ0n) is 14.7. The van der Waals surface area contributed by atoms with Crippen molar-refractivity contribution >= 4 is 8.60 Å². The molecule has 1 atom stereocenters. The van der Waals surface area contributed by atoms with E-state index in [2.05, 4.69) is 52.5 Å². The lowest BCUT2D eigenvalue weighted by Gasteiger charge is -2.22. The maximum Gasteiger partial charge on any atom is 0.329 e. The van der Waals surface area contributed by atoms with Crippen molar-refractivity contribution in [1.29, 1.82) is 0 Å². The fourth-order valence-electron chi connectivity index (χ4n) is 2.17. The molecule has 0 fully saturated rings. The topological polar surface area (TPSA) is 41.9 Å². The van der Waals surface area contributed by atoms with E-state index in [0.29, 0.717) is 13.2 Å². The number of rotatable bonds is 11. The molecule has 1 N–H and O–H groups in total. The summed E-state index contributed by atoms with van der Waals surface area (Å²) >= 11 is 0. The first-order chi connectivity index (χ1) is 9.85. The minimum atomic E-state index is -1.74. The Kier molecular flexibility index (Phi) is 11.6. The summed E-state index contributed by atoms with van der Waals surface area (Å²) in [5, 5.41) is 0. The Balaban J connectivity index is 3.84. The zero-order valence-corrected chi connectivity index (χ0v) is 15.6. The normalized spacial score (nSPS) is 14.8. The Morgan fingerprint density at radius 3 is 2.14 bits per heavy atom. The summed E-state index contributed by atoms with van der Waals surface area (Å²) < 4.78 is 10.6. The number of nitrogens with zero attached hydrogens (tertiary/aromatic N) is 1. The lowest BCUT2D eigenvalue weighted by molar-refractivity contribution is 0.174. The Labute approximate surface area is 132 Å². The van der Waals surface area contributed by atoms with Gasteiger partial charge < -0.3 is 18.8 Å². The van der Waals surface area contributed by atoms with Gasteiger partial charge in [0.05, 0.1) is 13.2 Å². The van der Waals surface area contributed by atoms with Crippen LogP contribution in [0, 0.1) is 5.41 Å². The monoisotopic (exact) mass is 319 g/mol. The van der Waals surface area contributed by atoms with E-state index in [9.17, 15) is 4.89 Å². The Morgan fingerprint density at radius 2 is 1.67 bits per heavy atom. The van der Waals surface area contributed by atoms with Gasteiger partial charge in [0.1, 0.15) is 0 Å². The van der Waals surface area contributed by atoms with E-state index in [-0.39, 0.29) is 5.41 Å². The molecule has 126 valence electrons. The molecule has 0 spiro atoms. The minimum absolute atomic E-state index is 0.207. The van der Waals surface area contributed by atoms with Crippen LogP contribution in [-0.2, 0) is 9.05 Å². The summed E-state index contributed by atoms with van der Waals surface area (Å²) in [7, 11) is -1.74. The van der Waals surface area contributed by atoms with E-state index in [4.69, 9.17) is 9.05 Å². The Hall–Kier alpha value is 0.0100. The quantitative estimate of drug-likeness (QED) is 0.349. The number of hydrogen-bond donors (Lipinski definition) is 1. The third kappa shape index (κ3) is 10.4. The molecule has 0 aliphatic rings. The molecule has 0 aromatic carbocycles. The van der Waals surface area contributed by atoms with Gasteiger partial charge in [-0.25, -0.2) is 0 Å². The minimum Gasteiger partial charge on any atom is -0.328 e. The van der Waals surface area contributed by atoms with Crippen LogP contribution in [0.2, 0.25) is 0 Å². The molecule has 0 radical (unpaired) electrons. The highest BCUT2D eigenvalue weighted by molar-refractivity contribution is 7.40. The first-order valence-corrected chi connectivity index (χ1v) is 9.14. The highest BCUT2D eigenvalue weighted by Gasteiger charge is 2.14. The average Bonchev–Trinajstić information content (AvgIpc) is 2.42. The highest BCUT2D eigenvalue weighted by Crippen LogP contribution is 2.33. The van der Waals surface area contributed by atoms with Crippen LogP contribution in [-0.4, -0.2) is 42.6 Å². The summed E-state index contributed by atoms with van der Waals surface area (Å²) in [5.74, 6) is 0. The third-order valence-electron chi connectivity index (χ3n) is 3.56. The number of likely N-dealkylation sites (N-methyl/N-ethyl adjacent to an activating group) is 1. The van der Waals surface area contributed by atoms with Crippen LogP contribution in [0.4, 0.5) is 0 Å². The van der Waals surface area contributed by atoms with Crippen LogP contribution in [0.3, 0.4) is 0 Å². The predicted molar refractivity (Wildman–Crippen MR) is 91.3 cm³/mol. The molecule has 0 rings (SSSR count). The van der Waals surface area contributed by atoms with Crippen LogP contribution < -0.4 is 0 Å².